The van der Waals surface area contributed by atoms with Crippen molar-refractivity contribution < 1.29 is 9.59 Å². The third-order valence-corrected chi connectivity index (χ3v) is 6.79. The van der Waals surface area contributed by atoms with Crippen molar-refractivity contribution in [3.63, 3.8) is 0 Å². The number of carbonyl (C=O) groups excluding carboxylic acids is 2. The van der Waals surface area contributed by atoms with Gasteiger partial charge in [-0.25, -0.2) is 0 Å². The van der Waals surface area contributed by atoms with Crippen LogP contribution in [-0.4, -0.2) is 11.6 Å². The van der Waals surface area contributed by atoms with Gasteiger partial charge in [0.2, 0.25) is 0 Å². The van der Waals surface area contributed by atoms with Gasteiger partial charge in [-0.05, 0) is 22.1 Å². The molecule has 0 amide bonds. The Hall–Kier alpha value is -3.00. The predicted molar refractivity (Wildman–Crippen MR) is 141 cm³/mol. The van der Waals surface area contributed by atoms with Gasteiger partial charge in [-0.1, -0.05) is 133 Å². The first-order chi connectivity index (χ1) is 16.0. The summed E-state index contributed by atoms with van der Waals surface area (Å²) in [5.41, 5.74) is 1.82. The minimum absolute atomic E-state index is 0.106. The number of rotatable bonds is 8. The lowest BCUT2D eigenvalue weighted by Gasteiger charge is -2.37. The summed E-state index contributed by atoms with van der Waals surface area (Å²) in [6, 6.07) is 30.8. The third kappa shape index (κ3) is 5.55. The van der Waals surface area contributed by atoms with E-state index in [2.05, 4.69) is 57.2 Å². The lowest BCUT2D eigenvalue weighted by atomic mass is 9.64. The molecule has 0 bridgehead atoms. The van der Waals surface area contributed by atoms with Gasteiger partial charge in [0.15, 0.2) is 0 Å². The molecular weight excluding hydrogens is 416 g/mol. The molecule has 0 aromatic heterocycles. The highest BCUT2D eigenvalue weighted by atomic mass is 16.1. The van der Waals surface area contributed by atoms with Crippen LogP contribution in [0.1, 0.15) is 71.1 Å². The zero-order valence-electron chi connectivity index (χ0n) is 21.5. The Morgan fingerprint density at radius 3 is 1.26 bits per heavy atom. The van der Waals surface area contributed by atoms with Gasteiger partial charge < -0.3 is 0 Å². The Bertz CT molecular complexity index is 988. The van der Waals surface area contributed by atoms with Crippen LogP contribution in [-0.2, 0) is 15.0 Å². The molecule has 0 radical (unpaired) electrons. The highest BCUT2D eigenvalue weighted by Gasteiger charge is 2.42. The molecule has 0 fully saturated rings. The maximum Gasteiger partial charge on any atom is 0.142 e. The molecule has 0 spiro atoms. The minimum atomic E-state index is -0.631. The molecule has 2 nitrogen and oxygen atoms in total. The average molecular weight is 455 g/mol. The molecule has 3 aromatic rings. The highest BCUT2D eigenvalue weighted by Crippen LogP contribution is 2.44. The van der Waals surface area contributed by atoms with Gasteiger partial charge in [0.1, 0.15) is 11.6 Å². The van der Waals surface area contributed by atoms with Crippen LogP contribution in [0.2, 0.25) is 0 Å². The fourth-order valence-corrected chi connectivity index (χ4v) is 4.88. The quantitative estimate of drug-likeness (QED) is 0.328. The first-order valence-electron chi connectivity index (χ1n) is 12.2. The second kappa shape index (κ2) is 10.1. The number of benzene rings is 3. The fourth-order valence-electron chi connectivity index (χ4n) is 4.88. The predicted octanol–water partition coefficient (Wildman–Crippen LogP) is 7.65. The number of hydrogen-bond donors (Lipinski definition) is 0. The van der Waals surface area contributed by atoms with E-state index in [1.165, 1.54) is 0 Å². The lowest BCUT2D eigenvalue weighted by molar-refractivity contribution is -0.137. The van der Waals surface area contributed by atoms with Crippen LogP contribution in [0.15, 0.2) is 91.0 Å². The zero-order chi connectivity index (χ0) is 25.0. The highest BCUT2D eigenvalue weighted by molar-refractivity contribution is 5.92. The summed E-state index contributed by atoms with van der Waals surface area (Å²) in [5, 5.41) is 0. The maximum absolute atomic E-state index is 13.9. The number of Topliss-reactive ketones (excluding diaryl/α,β-unsaturated/α-hetero) is 2. The number of carbonyl (C=O) groups is 2. The van der Waals surface area contributed by atoms with Gasteiger partial charge >= 0.3 is 0 Å². The van der Waals surface area contributed by atoms with Gasteiger partial charge in [-0.15, -0.1) is 0 Å². The van der Waals surface area contributed by atoms with E-state index in [0.29, 0.717) is 6.42 Å². The van der Waals surface area contributed by atoms with Crippen LogP contribution in [0.3, 0.4) is 0 Å². The van der Waals surface area contributed by atoms with Gasteiger partial charge in [-0.3, -0.25) is 9.59 Å². The molecule has 0 heterocycles. The monoisotopic (exact) mass is 454 g/mol. The summed E-state index contributed by atoms with van der Waals surface area (Å²) in [6.45, 7) is 12.0. The molecule has 178 valence electrons. The molecule has 0 saturated carbocycles. The second-order valence-corrected chi connectivity index (χ2v) is 11.5. The Balaban J connectivity index is 2.13. The SMILES string of the molecule is CC(C)(C)C(=O)[C@H](CC(=O)CC(c1ccccc1)(c1ccccc1)c1ccccc1)C(C)(C)C. The van der Waals surface area contributed by atoms with Crippen molar-refractivity contribution in [2.75, 3.05) is 0 Å². The number of hydrogen-bond acceptors (Lipinski definition) is 2. The van der Waals surface area contributed by atoms with Crippen LogP contribution < -0.4 is 0 Å². The Morgan fingerprint density at radius 1 is 0.618 bits per heavy atom. The van der Waals surface area contributed by atoms with E-state index in [1.54, 1.807) is 0 Å². The molecule has 0 aliphatic heterocycles. The van der Waals surface area contributed by atoms with Crippen LogP contribution in [0, 0.1) is 16.7 Å². The largest absolute Gasteiger partial charge is 0.300 e. The van der Waals surface area contributed by atoms with Crippen molar-refractivity contribution >= 4 is 11.6 Å². The van der Waals surface area contributed by atoms with E-state index in [1.807, 2.05) is 75.4 Å². The van der Waals surface area contributed by atoms with Crippen molar-refractivity contribution in [3.05, 3.63) is 108 Å². The molecule has 0 aliphatic carbocycles. The maximum atomic E-state index is 13.9. The van der Waals surface area contributed by atoms with Gasteiger partial charge in [0.05, 0.1) is 5.41 Å². The molecule has 0 unspecified atom stereocenters. The fraction of sp³-hybridized carbons (Fsp3) is 0.375. The molecule has 1 atom stereocenters. The van der Waals surface area contributed by atoms with Crippen LogP contribution in [0.4, 0.5) is 0 Å². The molecule has 0 saturated heterocycles. The van der Waals surface area contributed by atoms with E-state index in [0.717, 1.165) is 16.7 Å². The summed E-state index contributed by atoms with van der Waals surface area (Å²) < 4.78 is 0. The number of ketones is 2. The molecular formula is C32H38O2. The normalized spacial score (nSPS) is 13.4. The Labute approximate surface area is 205 Å². The lowest BCUT2D eigenvalue weighted by Crippen LogP contribution is -2.39. The van der Waals surface area contributed by atoms with E-state index in [4.69, 9.17) is 0 Å². The summed E-state index contributed by atoms with van der Waals surface area (Å²) in [4.78, 5) is 27.3. The van der Waals surface area contributed by atoms with E-state index >= 15 is 0 Å². The first-order valence-corrected chi connectivity index (χ1v) is 12.2. The minimum Gasteiger partial charge on any atom is -0.300 e. The van der Waals surface area contributed by atoms with Crippen LogP contribution >= 0.6 is 0 Å². The first kappa shape index (κ1) is 25.6. The van der Waals surface area contributed by atoms with Crippen LogP contribution in [0.25, 0.3) is 0 Å². The summed E-state index contributed by atoms with van der Waals surface area (Å²) in [7, 11) is 0. The van der Waals surface area contributed by atoms with Crippen molar-refractivity contribution in [3.8, 4) is 0 Å². The van der Waals surface area contributed by atoms with Crippen molar-refractivity contribution in [2.24, 2.45) is 16.7 Å². The van der Waals surface area contributed by atoms with Gasteiger partial charge in [0, 0.05) is 24.2 Å². The van der Waals surface area contributed by atoms with Gasteiger partial charge in [-0.2, -0.15) is 0 Å². The zero-order valence-corrected chi connectivity index (χ0v) is 21.5. The average Bonchev–Trinajstić information content (AvgIpc) is 2.81. The summed E-state index contributed by atoms with van der Waals surface area (Å²) >= 11 is 0. The molecule has 3 aromatic carbocycles. The molecule has 0 aliphatic rings. The smallest absolute Gasteiger partial charge is 0.142 e. The third-order valence-electron chi connectivity index (χ3n) is 6.79. The Kier molecular flexibility index (Phi) is 7.60. The van der Waals surface area contributed by atoms with E-state index in [9.17, 15) is 9.59 Å². The van der Waals surface area contributed by atoms with Crippen molar-refractivity contribution in [2.45, 2.75) is 59.8 Å². The van der Waals surface area contributed by atoms with Crippen molar-refractivity contribution in [1.29, 1.82) is 0 Å². The molecule has 2 heteroatoms. The summed E-state index contributed by atoms with van der Waals surface area (Å²) in [6.07, 6.45) is 0.545. The molecule has 3 rings (SSSR count). The van der Waals surface area contributed by atoms with Crippen molar-refractivity contribution in [1.82, 2.24) is 0 Å². The van der Waals surface area contributed by atoms with Gasteiger partial charge in [0.25, 0.3) is 0 Å². The second-order valence-electron chi connectivity index (χ2n) is 11.5. The van der Waals surface area contributed by atoms with E-state index in [-0.39, 0.29) is 29.3 Å². The Morgan fingerprint density at radius 2 is 0.971 bits per heavy atom. The van der Waals surface area contributed by atoms with E-state index < -0.39 is 10.8 Å². The standard InChI is InChI=1S/C32H38O2/c1-30(2,3)28(29(34)31(4,5)6)22-27(33)23-32(24-16-10-7-11-17-24,25-18-12-8-13-19-25)26-20-14-9-15-21-26/h7-21,28H,22-23H2,1-6H3/t28-/m0/s1. The molecule has 0 N–H and O–H groups in total. The summed E-state index contributed by atoms with van der Waals surface area (Å²) in [5.74, 6) is -0.0767. The molecule has 34 heavy (non-hydrogen) atoms. The topological polar surface area (TPSA) is 34.1 Å². The van der Waals surface area contributed by atoms with Crippen LogP contribution in [0.5, 0.6) is 0 Å².